The maximum Gasteiger partial charge on any atom is 0.315 e. The van der Waals surface area contributed by atoms with Crippen molar-refractivity contribution >= 4 is 6.03 Å². The molecule has 4 heteroatoms. The lowest BCUT2D eigenvalue weighted by atomic mass is 9.65. The number of amides is 2. The van der Waals surface area contributed by atoms with E-state index in [-0.39, 0.29) is 12.1 Å². The molecule has 2 amide bonds. The molecule has 4 nitrogen and oxygen atoms in total. The van der Waals surface area contributed by atoms with Crippen molar-refractivity contribution < 1.29 is 4.79 Å². The number of carbonyl (C=O) groups excluding carboxylic acids is 1. The first-order valence-electron chi connectivity index (χ1n) is 7.07. The van der Waals surface area contributed by atoms with Crippen molar-refractivity contribution in [2.75, 3.05) is 19.6 Å². The summed E-state index contributed by atoms with van der Waals surface area (Å²) in [5.74, 6) is 0. The summed E-state index contributed by atoms with van der Waals surface area (Å²) in [5, 5.41) is 3.42. The van der Waals surface area contributed by atoms with E-state index in [0.717, 1.165) is 13.1 Å². The fourth-order valence-electron chi connectivity index (χ4n) is 3.75. The SMILES string of the molecule is C=CCN(C(N)=O)C1CNCCC12CCCCC2. The first kappa shape index (κ1) is 13.4. The van der Waals surface area contributed by atoms with E-state index >= 15 is 0 Å². The van der Waals surface area contributed by atoms with Crippen LogP contribution in [0.1, 0.15) is 38.5 Å². The number of urea groups is 1. The fourth-order valence-corrected chi connectivity index (χ4v) is 3.75. The summed E-state index contributed by atoms with van der Waals surface area (Å²) in [6.07, 6.45) is 9.32. The number of nitrogens with one attached hydrogen (secondary N) is 1. The summed E-state index contributed by atoms with van der Waals surface area (Å²) in [4.78, 5) is 13.5. The second-order valence-electron chi connectivity index (χ2n) is 5.67. The second kappa shape index (κ2) is 5.74. The Kier molecular flexibility index (Phi) is 4.27. The molecule has 1 atom stereocenters. The third kappa shape index (κ3) is 2.53. The highest BCUT2D eigenvalue weighted by Crippen LogP contribution is 2.45. The molecular weight excluding hydrogens is 226 g/mol. The minimum absolute atomic E-state index is 0.238. The lowest BCUT2D eigenvalue weighted by molar-refractivity contribution is 0.0305. The van der Waals surface area contributed by atoms with Crippen LogP contribution in [-0.2, 0) is 0 Å². The molecule has 1 unspecified atom stereocenters. The van der Waals surface area contributed by atoms with Crippen LogP contribution >= 0.6 is 0 Å². The van der Waals surface area contributed by atoms with E-state index in [1.807, 2.05) is 4.90 Å². The van der Waals surface area contributed by atoms with Crippen molar-refractivity contribution in [2.45, 2.75) is 44.6 Å². The van der Waals surface area contributed by atoms with Crippen LogP contribution < -0.4 is 11.1 Å². The highest BCUT2D eigenvalue weighted by molar-refractivity contribution is 5.72. The molecular formula is C14H25N3O. The molecule has 1 saturated carbocycles. The van der Waals surface area contributed by atoms with Crippen LogP contribution in [0.5, 0.6) is 0 Å². The summed E-state index contributed by atoms with van der Waals surface area (Å²) >= 11 is 0. The van der Waals surface area contributed by atoms with E-state index < -0.39 is 0 Å². The Morgan fingerprint density at radius 2 is 2.11 bits per heavy atom. The van der Waals surface area contributed by atoms with Gasteiger partial charge in [0.15, 0.2) is 0 Å². The van der Waals surface area contributed by atoms with Gasteiger partial charge in [0.1, 0.15) is 0 Å². The van der Waals surface area contributed by atoms with Gasteiger partial charge < -0.3 is 16.0 Å². The number of hydrogen-bond acceptors (Lipinski definition) is 2. The Balaban J connectivity index is 2.19. The monoisotopic (exact) mass is 251 g/mol. The van der Waals surface area contributed by atoms with Gasteiger partial charge in [0.25, 0.3) is 0 Å². The number of rotatable bonds is 3. The molecule has 2 fully saturated rings. The lowest BCUT2D eigenvalue weighted by Gasteiger charge is -2.50. The minimum Gasteiger partial charge on any atom is -0.351 e. The molecule has 1 heterocycles. The van der Waals surface area contributed by atoms with Crippen LogP contribution in [0.25, 0.3) is 0 Å². The van der Waals surface area contributed by atoms with Gasteiger partial charge in [-0.25, -0.2) is 4.79 Å². The van der Waals surface area contributed by atoms with Crippen LogP contribution in [0.3, 0.4) is 0 Å². The van der Waals surface area contributed by atoms with Gasteiger partial charge in [-0.15, -0.1) is 6.58 Å². The molecule has 0 aromatic rings. The van der Waals surface area contributed by atoms with Crippen molar-refractivity contribution in [3.8, 4) is 0 Å². The van der Waals surface area contributed by atoms with Crippen molar-refractivity contribution in [2.24, 2.45) is 11.1 Å². The molecule has 18 heavy (non-hydrogen) atoms. The fraction of sp³-hybridized carbons (Fsp3) is 0.786. The summed E-state index contributed by atoms with van der Waals surface area (Å²) in [5.41, 5.74) is 5.85. The Bertz CT molecular complexity index is 302. The van der Waals surface area contributed by atoms with E-state index in [2.05, 4.69) is 11.9 Å². The van der Waals surface area contributed by atoms with Gasteiger partial charge in [0.2, 0.25) is 0 Å². The third-order valence-corrected chi connectivity index (χ3v) is 4.68. The Morgan fingerprint density at radius 3 is 2.72 bits per heavy atom. The number of piperidine rings is 1. The van der Waals surface area contributed by atoms with Gasteiger partial charge in [-0.3, -0.25) is 0 Å². The van der Waals surface area contributed by atoms with Gasteiger partial charge >= 0.3 is 6.03 Å². The molecule has 0 aromatic heterocycles. The van der Waals surface area contributed by atoms with Crippen molar-refractivity contribution in [3.63, 3.8) is 0 Å². The molecule has 1 spiro atoms. The number of primary amides is 1. The van der Waals surface area contributed by atoms with E-state index in [1.165, 1.54) is 38.5 Å². The van der Waals surface area contributed by atoms with Gasteiger partial charge in [-0.05, 0) is 31.2 Å². The molecule has 1 aliphatic heterocycles. The van der Waals surface area contributed by atoms with Gasteiger partial charge in [-0.1, -0.05) is 25.3 Å². The molecule has 1 saturated heterocycles. The highest BCUT2D eigenvalue weighted by Gasteiger charge is 2.44. The van der Waals surface area contributed by atoms with E-state index in [1.54, 1.807) is 6.08 Å². The Morgan fingerprint density at radius 1 is 1.39 bits per heavy atom. The van der Waals surface area contributed by atoms with Crippen molar-refractivity contribution in [1.82, 2.24) is 10.2 Å². The number of carbonyl (C=O) groups is 1. The Hall–Kier alpha value is -1.03. The van der Waals surface area contributed by atoms with Crippen LogP contribution in [0.15, 0.2) is 12.7 Å². The lowest BCUT2D eigenvalue weighted by Crippen LogP contribution is -2.60. The molecule has 0 bridgehead atoms. The van der Waals surface area contributed by atoms with Crippen LogP contribution in [0.2, 0.25) is 0 Å². The smallest absolute Gasteiger partial charge is 0.315 e. The zero-order valence-corrected chi connectivity index (χ0v) is 11.2. The normalized spacial score (nSPS) is 26.8. The predicted octanol–water partition coefficient (Wildman–Crippen LogP) is 1.87. The number of nitrogens with zero attached hydrogens (tertiary/aromatic N) is 1. The average Bonchev–Trinajstić information content (AvgIpc) is 2.38. The summed E-state index contributed by atoms with van der Waals surface area (Å²) < 4.78 is 0. The molecule has 3 N–H and O–H groups in total. The Labute approximate surface area is 110 Å². The van der Waals surface area contributed by atoms with Crippen molar-refractivity contribution in [1.29, 1.82) is 0 Å². The first-order valence-corrected chi connectivity index (χ1v) is 7.07. The maximum atomic E-state index is 11.7. The van der Waals surface area contributed by atoms with E-state index in [4.69, 9.17) is 5.73 Å². The molecule has 2 aliphatic rings. The molecule has 0 aromatic carbocycles. The number of hydrogen-bond donors (Lipinski definition) is 2. The summed E-state index contributed by atoms with van der Waals surface area (Å²) in [6, 6.07) is -0.0735. The molecule has 2 rings (SSSR count). The van der Waals surface area contributed by atoms with Gasteiger partial charge in [0.05, 0.1) is 6.04 Å². The minimum atomic E-state index is -0.312. The topological polar surface area (TPSA) is 58.4 Å². The summed E-state index contributed by atoms with van der Waals surface area (Å²) in [6.45, 7) is 6.24. The second-order valence-corrected chi connectivity index (χ2v) is 5.67. The van der Waals surface area contributed by atoms with Crippen molar-refractivity contribution in [3.05, 3.63) is 12.7 Å². The van der Waals surface area contributed by atoms with E-state index in [9.17, 15) is 4.79 Å². The average molecular weight is 251 g/mol. The number of nitrogens with two attached hydrogens (primary N) is 1. The molecule has 1 aliphatic carbocycles. The van der Waals surface area contributed by atoms with Gasteiger partial charge in [-0.2, -0.15) is 0 Å². The summed E-state index contributed by atoms with van der Waals surface area (Å²) in [7, 11) is 0. The largest absolute Gasteiger partial charge is 0.351 e. The first-order chi connectivity index (χ1) is 8.69. The standard InChI is InChI=1S/C14H25N3O/c1-2-10-17(13(15)18)12-11-16-9-8-14(12)6-4-3-5-7-14/h2,12,16H,1,3-11H2,(H2,15,18). The quantitative estimate of drug-likeness (QED) is 0.752. The zero-order valence-electron chi connectivity index (χ0n) is 11.2. The molecule has 102 valence electrons. The van der Waals surface area contributed by atoms with Gasteiger partial charge in [0, 0.05) is 13.1 Å². The highest BCUT2D eigenvalue weighted by atomic mass is 16.2. The predicted molar refractivity (Wildman–Crippen MR) is 73.3 cm³/mol. The van der Waals surface area contributed by atoms with Crippen LogP contribution in [-0.4, -0.2) is 36.6 Å². The maximum absolute atomic E-state index is 11.7. The zero-order chi connectivity index (χ0) is 13.0. The third-order valence-electron chi connectivity index (χ3n) is 4.68. The van der Waals surface area contributed by atoms with E-state index in [0.29, 0.717) is 12.0 Å². The van der Waals surface area contributed by atoms with Crippen LogP contribution in [0, 0.1) is 5.41 Å². The van der Waals surface area contributed by atoms with Crippen LogP contribution in [0.4, 0.5) is 4.79 Å². The molecule has 0 radical (unpaired) electrons.